The van der Waals surface area contributed by atoms with Gasteiger partial charge in [0.15, 0.2) is 0 Å². The zero-order valence-corrected chi connectivity index (χ0v) is 12.5. The van der Waals surface area contributed by atoms with Crippen LogP contribution in [0, 0.1) is 0 Å². The van der Waals surface area contributed by atoms with Gasteiger partial charge in [-0.05, 0) is 31.4 Å². The molecule has 1 saturated carbocycles. The van der Waals surface area contributed by atoms with Gasteiger partial charge in [0.05, 0.1) is 0 Å². The Kier molecular flexibility index (Phi) is 7.05. The van der Waals surface area contributed by atoms with E-state index in [1.54, 1.807) is 4.90 Å². The molecule has 2 unspecified atom stereocenters. The topological polar surface area (TPSA) is 69.6 Å². The lowest BCUT2D eigenvalue weighted by Gasteiger charge is -2.25. The second-order valence-corrected chi connectivity index (χ2v) is 6.46. The second kappa shape index (κ2) is 8.30. The number of thioether (sulfide) groups is 1. The predicted molar refractivity (Wildman–Crippen MR) is 77.6 cm³/mol. The molecule has 6 heteroatoms. The normalized spacial score (nSPS) is 22.2. The SMILES string of the molecule is CCSC1CCC(N(C)C(=O)NCCCC(=O)O)C1. The van der Waals surface area contributed by atoms with Gasteiger partial charge in [0.2, 0.25) is 0 Å². The van der Waals surface area contributed by atoms with Crippen LogP contribution in [0.1, 0.15) is 39.0 Å². The maximum atomic E-state index is 11.9. The first-order valence-corrected chi connectivity index (χ1v) is 7.93. The van der Waals surface area contributed by atoms with Gasteiger partial charge in [0.25, 0.3) is 0 Å². The van der Waals surface area contributed by atoms with Crippen LogP contribution in [0.15, 0.2) is 0 Å². The zero-order chi connectivity index (χ0) is 14.3. The largest absolute Gasteiger partial charge is 0.481 e. The van der Waals surface area contributed by atoms with Crippen molar-refractivity contribution in [2.45, 2.75) is 50.3 Å². The van der Waals surface area contributed by atoms with Crippen molar-refractivity contribution in [3.63, 3.8) is 0 Å². The van der Waals surface area contributed by atoms with E-state index < -0.39 is 5.97 Å². The number of carbonyl (C=O) groups excluding carboxylic acids is 1. The first-order chi connectivity index (χ1) is 9.04. The highest BCUT2D eigenvalue weighted by molar-refractivity contribution is 7.99. The molecule has 0 bridgehead atoms. The standard InChI is InChI=1S/C13H24N2O3S/c1-3-19-11-7-6-10(9-11)15(2)13(18)14-8-4-5-12(16)17/h10-11H,3-9H2,1-2H3,(H,14,18)(H,16,17). The molecular weight excluding hydrogens is 264 g/mol. The highest BCUT2D eigenvalue weighted by Gasteiger charge is 2.29. The van der Waals surface area contributed by atoms with Crippen LogP contribution < -0.4 is 5.32 Å². The molecule has 2 amide bonds. The Labute approximate surface area is 119 Å². The predicted octanol–water partition coefficient (Wildman–Crippen LogP) is 2.17. The molecule has 19 heavy (non-hydrogen) atoms. The number of carboxylic acid groups (broad SMARTS) is 1. The molecule has 0 aliphatic heterocycles. The first-order valence-electron chi connectivity index (χ1n) is 6.88. The van der Waals surface area contributed by atoms with Gasteiger partial charge in [-0.15, -0.1) is 0 Å². The van der Waals surface area contributed by atoms with Gasteiger partial charge in [-0.1, -0.05) is 6.92 Å². The number of amides is 2. The molecule has 0 aromatic carbocycles. The molecule has 0 aromatic heterocycles. The Morgan fingerprint density at radius 3 is 2.79 bits per heavy atom. The van der Waals surface area contributed by atoms with Crippen LogP contribution >= 0.6 is 11.8 Å². The molecular formula is C13H24N2O3S. The van der Waals surface area contributed by atoms with E-state index in [1.807, 2.05) is 18.8 Å². The molecule has 0 aromatic rings. The summed E-state index contributed by atoms with van der Waals surface area (Å²) in [7, 11) is 1.83. The van der Waals surface area contributed by atoms with Crippen molar-refractivity contribution in [2.24, 2.45) is 0 Å². The lowest BCUT2D eigenvalue weighted by Crippen LogP contribution is -2.43. The van der Waals surface area contributed by atoms with Gasteiger partial charge in [-0.25, -0.2) is 4.79 Å². The number of rotatable bonds is 7. The number of carboxylic acids is 1. The van der Waals surface area contributed by atoms with Crippen molar-refractivity contribution >= 4 is 23.8 Å². The van der Waals surface area contributed by atoms with Crippen molar-refractivity contribution in [2.75, 3.05) is 19.3 Å². The summed E-state index contributed by atoms with van der Waals surface area (Å²) in [6.07, 6.45) is 3.89. The summed E-state index contributed by atoms with van der Waals surface area (Å²) in [4.78, 5) is 24.0. The summed E-state index contributed by atoms with van der Waals surface area (Å²) in [5.74, 6) is 0.306. The monoisotopic (exact) mass is 288 g/mol. The molecule has 110 valence electrons. The van der Waals surface area contributed by atoms with Gasteiger partial charge in [-0.2, -0.15) is 11.8 Å². The van der Waals surface area contributed by atoms with Crippen LogP contribution in [0.4, 0.5) is 4.79 Å². The second-order valence-electron chi connectivity index (χ2n) is 4.88. The van der Waals surface area contributed by atoms with Crippen molar-refractivity contribution in [1.29, 1.82) is 0 Å². The number of nitrogens with one attached hydrogen (secondary N) is 1. The average molecular weight is 288 g/mol. The Hall–Kier alpha value is -0.910. The fourth-order valence-electron chi connectivity index (χ4n) is 2.38. The van der Waals surface area contributed by atoms with E-state index in [1.165, 1.54) is 6.42 Å². The zero-order valence-electron chi connectivity index (χ0n) is 11.7. The summed E-state index contributed by atoms with van der Waals surface area (Å²) in [5.41, 5.74) is 0. The maximum Gasteiger partial charge on any atom is 0.317 e. The van der Waals surface area contributed by atoms with E-state index in [0.717, 1.165) is 18.6 Å². The molecule has 0 radical (unpaired) electrons. The highest BCUT2D eigenvalue weighted by atomic mass is 32.2. The van der Waals surface area contributed by atoms with E-state index in [-0.39, 0.29) is 12.5 Å². The van der Waals surface area contributed by atoms with Gasteiger partial charge < -0.3 is 15.3 Å². The van der Waals surface area contributed by atoms with Crippen LogP contribution in [-0.4, -0.2) is 52.6 Å². The lowest BCUT2D eigenvalue weighted by molar-refractivity contribution is -0.137. The summed E-state index contributed by atoms with van der Waals surface area (Å²) in [5, 5.41) is 12.0. The van der Waals surface area contributed by atoms with Gasteiger partial charge in [0, 0.05) is 31.3 Å². The summed E-state index contributed by atoms with van der Waals surface area (Å²) >= 11 is 1.97. The molecule has 0 spiro atoms. The Balaban J connectivity index is 2.23. The minimum atomic E-state index is -0.821. The first kappa shape index (κ1) is 16.1. The third kappa shape index (κ3) is 5.72. The molecule has 5 nitrogen and oxygen atoms in total. The molecule has 0 saturated heterocycles. The molecule has 1 rings (SSSR count). The molecule has 2 N–H and O–H groups in total. The molecule has 2 atom stereocenters. The van der Waals surface area contributed by atoms with Crippen LogP contribution in [0.25, 0.3) is 0 Å². The van der Waals surface area contributed by atoms with Crippen LogP contribution in [-0.2, 0) is 4.79 Å². The Bertz CT molecular complexity index is 312. The van der Waals surface area contributed by atoms with E-state index in [2.05, 4.69) is 12.2 Å². The quantitative estimate of drug-likeness (QED) is 0.704. The minimum Gasteiger partial charge on any atom is -0.481 e. The maximum absolute atomic E-state index is 11.9. The number of aliphatic carboxylic acids is 1. The highest BCUT2D eigenvalue weighted by Crippen LogP contribution is 2.32. The van der Waals surface area contributed by atoms with Crippen molar-refractivity contribution in [3.05, 3.63) is 0 Å². The van der Waals surface area contributed by atoms with Gasteiger partial charge in [-0.3, -0.25) is 4.79 Å². The van der Waals surface area contributed by atoms with E-state index >= 15 is 0 Å². The van der Waals surface area contributed by atoms with E-state index in [0.29, 0.717) is 24.3 Å². The average Bonchev–Trinajstić information content (AvgIpc) is 2.82. The molecule has 1 fully saturated rings. The van der Waals surface area contributed by atoms with Crippen molar-refractivity contribution in [1.82, 2.24) is 10.2 Å². The Morgan fingerprint density at radius 1 is 1.42 bits per heavy atom. The third-order valence-electron chi connectivity index (χ3n) is 3.47. The number of nitrogens with zero attached hydrogens (tertiary/aromatic N) is 1. The van der Waals surface area contributed by atoms with E-state index in [9.17, 15) is 9.59 Å². The minimum absolute atomic E-state index is 0.0856. The number of carbonyl (C=O) groups is 2. The van der Waals surface area contributed by atoms with Crippen molar-refractivity contribution in [3.8, 4) is 0 Å². The summed E-state index contributed by atoms with van der Waals surface area (Å²) in [6, 6.07) is 0.237. The Morgan fingerprint density at radius 2 is 2.16 bits per heavy atom. The molecule has 1 aliphatic rings. The van der Waals surface area contributed by atoms with Crippen molar-refractivity contribution < 1.29 is 14.7 Å². The number of hydrogen-bond donors (Lipinski definition) is 2. The smallest absolute Gasteiger partial charge is 0.317 e. The third-order valence-corrected chi connectivity index (χ3v) is 4.70. The van der Waals surface area contributed by atoms with E-state index in [4.69, 9.17) is 5.11 Å². The fraction of sp³-hybridized carbons (Fsp3) is 0.846. The van der Waals surface area contributed by atoms with Gasteiger partial charge in [0.1, 0.15) is 0 Å². The van der Waals surface area contributed by atoms with Crippen LogP contribution in [0.3, 0.4) is 0 Å². The summed E-state index contributed by atoms with van der Waals surface area (Å²) < 4.78 is 0. The number of hydrogen-bond acceptors (Lipinski definition) is 3. The summed E-state index contributed by atoms with van der Waals surface area (Å²) in [6.45, 7) is 2.59. The lowest BCUT2D eigenvalue weighted by atomic mass is 10.2. The number of urea groups is 1. The molecule has 1 aliphatic carbocycles. The van der Waals surface area contributed by atoms with Crippen LogP contribution in [0.5, 0.6) is 0 Å². The van der Waals surface area contributed by atoms with Gasteiger partial charge >= 0.3 is 12.0 Å². The molecule has 0 heterocycles. The van der Waals surface area contributed by atoms with Crippen LogP contribution in [0.2, 0.25) is 0 Å². The fourth-order valence-corrected chi connectivity index (χ4v) is 3.51.